The van der Waals surface area contributed by atoms with Crippen LogP contribution in [0.3, 0.4) is 0 Å². The van der Waals surface area contributed by atoms with Gasteiger partial charge in [0, 0.05) is 12.8 Å². The monoisotopic (exact) mass is 494 g/mol. The fourth-order valence-corrected chi connectivity index (χ4v) is 6.01. The lowest BCUT2D eigenvalue weighted by molar-refractivity contribution is -0.219. The van der Waals surface area contributed by atoms with Crippen molar-refractivity contribution < 1.29 is 38.5 Å². The molecule has 8 nitrogen and oxygen atoms in total. The van der Waals surface area contributed by atoms with Gasteiger partial charge in [-0.3, -0.25) is 14.4 Å². The maximum Gasteiger partial charge on any atom is 0.347 e. The van der Waals surface area contributed by atoms with Gasteiger partial charge in [0.15, 0.2) is 0 Å². The first kappa shape index (κ1) is 27.5. The molecular weight excluding hydrogens is 452 g/mol. The van der Waals surface area contributed by atoms with Crippen molar-refractivity contribution in [3.63, 3.8) is 0 Å². The molecule has 1 N–H and O–H groups in total. The predicted molar refractivity (Wildman–Crippen MR) is 127 cm³/mol. The Bertz CT molecular complexity index is 843. The highest BCUT2D eigenvalue weighted by Gasteiger charge is 2.63. The number of esters is 3. The van der Waals surface area contributed by atoms with E-state index >= 15 is 0 Å². The Balaban J connectivity index is 0.000000371. The van der Waals surface area contributed by atoms with Gasteiger partial charge >= 0.3 is 23.9 Å². The summed E-state index contributed by atoms with van der Waals surface area (Å²) in [5.41, 5.74) is -2.24. The second-order valence-electron chi connectivity index (χ2n) is 12.4. The fraction of sp³-hybridized carbons (Fsp3) is 0.852. The van der Waals surface area contributed by atoms with E-state index in [1.807, 2.05) is 27.7 Å². The maximum atomic E-state index is 13.1. The molecule has 198 valence electrons. The number of rotatable bonds is 7. The van der Waals surface area contributed by atoms with Gasteiger partial charge < -0.3 is 19.3 Å². The van der Waals surface area contributed by atoms with Gasteiger partial charge in [-0.05, 0) is 84.5 Å². The number of carbonyl (C=O) groups excluding carboxylic acids is 3. The van der Waals surface area contributed by atoms with Crippen molar-refractivity contribution in [2.24, 2.45) is 28.1 Å². The number of carboxylic acid groups (broad SMARTS) is 1. The molecule has 5 fully saturated rings. The zero-order chi connectivity index (χ0) is 26.2. The molecule has 1 heterocycles. The average molecular weight is 495 g/mol. The maximum absolute atomic E-state index is 13.1. The molecule has 8 heteroatoms. The molecule has 0 radical (unpaired) electrons. The minimum Gasteiger partial charge on any atom is -0.481 e. The highest BCUT2D eigenvalue weighted by Crippen LogP contribution is 2.63. The molecule has 0 aromatic heterocycles. The predicted octanol–water partition coefficient (Wildman–Crippen LogP) is 4.67. The molecule has 4 aliphatic carbocycles. The zero-order valence-corrected chi connectivity index (χ0v) is 22.1. The first-order valence-corrected chi connectivity index (χ1v) is 13.0. The molecule has 0 aromatic carbocycles. The molecule has 1 saturated heterocycles. The third-order valence-electron chi connectivity index (χ3n) is 8.79. The second-order valence-corrected chi connectivity index (χ2v) is 12.4. The van der Waals surface area contributed by atoms with Crippen LogP contribution in [-0.4, -0.2) is 47.3 Å². The van der Waals surface area contributed by atoms with Gasteiger partial charge in [-0.2, -0.15) is 0 Å². The van der Waals surface area contributed by atoms with E-state index in [4.69, 9.17) is 19.3 Å². The third-order valence-corrected chi connectivity index (χ3v) is 8.79. The van der Waals surface area contributed by atoms with E-state index in [1.54, 1.807) is 13.8 Å². The summed E-state index contributed by atoms with van der Waals surface area (Å²) in [5, 5.41) is 8.44. The lowest BCUT2D eigenvalue weighted by Crippen LogP contribution is -2.60. The summed E-state index contributed by atoms with van der Waals surface area (Å²) in [5.74, 6) is -0.872. The van der Waals surface area contributed by atoms with E-state index in [9.17, 15) is 19.2 Å². The van der Waals surface area contributed by atoms with Gasteiger partial charge in [0.1, 0.15) is 5.60 Å². The molecule has 5 rings (SSSR count). The highest BCUT2D eigenvalue weighted by atomic mass is 16.6. The number of aliphatic carboxylic acids is 1. The summed E-state index contributed by atoms with van der Waals surface area (Å²) < 4.78 is 16.6. The van der Waals surface area contributed by atoms with Crippen molar-refractivity contribution in [3.8, 4) is 0 Å². The molecule has 5 aliphatic rings. The summed E-state index contributed by atoms with van der Waals surface area (Å²) in [7, 11) is 0. The number of ether oxygens (including phenoxy) is 3. The Morgan fingerprint density at radius 1 is 1.00 bits per heavy atom. The van der Waals surface area contributed by atoms with Crippen molar-refractivity contribution in [1.29, 1.82) is 0 Å². The second kappa shape index (κ2) is 9.74. The number of hydrogen-bond acceptors (Lipinski definition) is 7. The fourth-order valence-electron chi connectivity index (χ4n) is 6.01. The third kappa shape index (κ3) is 5.67. The van der Waals surface area contributed by atoms with Crippen LogP contribution in [0.5, 0.6) is 0 Å². The van der Waals surface area contributed by atoms with Gasteiger partial charge in [0.25, 0.3) is 0 Å². The zero-order valence-electron chi connectivity index (χ0n) is 22.1. The van der Waals surface area contributed by atoms with Crippen molar-refractivity contribution in [2.75, 3.05) is 6.61 Å². The molecule has 3 unspecified atom stereocenters. The molecule has 4 saturated carbocycles. The highest BCUT2D eigenvalue weighted by molar-refractivity contribution is 5.84. The molecule has 1 aliphatic heterocycles. The standard InChI is InChI=1S/C21H30O6.C6H12O2/c1-4-19(2,3)17(23)27-21-10-13-7-14(11-21)9-20(8-13,12-21)18(24)26-15-5-6-25-16(15)22;1-4-6(2,3)5(7)8/h13-15H,4-12H2,1-3H3;4H2,1-3H3,(H,7,8). The lowest BCUT2D eigenvalue weighted by Gasteiger charge is -2.60. The molecule has 0 amide bonds. The summed E-state index contributed by atoms with van der Waals surface area (Å²) in [6.07, 6.45) is 5.91. The number of cyclic esters (lactones) is 1. The minimum absolute atomic E-state index is 0.171. The molecule has 4 bridgehead atoms. The average Bonchev–Trinajstić information content (AvgIpc) is 3.17. The van der Waals surface area contributed by atoms with Crippen LogP contribution in [-0.2, 0) is 33.4 Å². The van der Waals surface area contributed by atoms with E-state index in [0.29, 0.717) is 44.1 Å². The Morgan fingerprint density at radius 2 is 1.57 bits per heavy atom. The van der Waals surface area contributed by atoms with Crippen LogP contribution in [0.25, 0.3) is 0 Å². The van der Waals surface area contributed by atoms with Crippen LogP contribution in [0.15, 0.2) is 0 Å². The Hall–Kier alpha value is -2.12. The largest absolute Gasteiger partial charge is 0.481 e. The van der Waals surface area contributed by atoms with E-state index in [2.05, 4.69) is 0 Å². The molecule has 3 atom stereocenters. The van der Waals surface area contributed by atoms with Crippen molar-refractivity contribution >= 4 is 23.9 Å². The van der Waals surface area contributed by atoms with E-state index in [1.165, 1.54) is 0 Å². The normalized spacial score (nSPS) is 33.4. The Morgan fingerprint density at radius 3 is 2.00 bits per heavy atom. The van der Waals surface area contributed by atoms with Gasteiger partial charge in [-0.25, -0.2) is 4.79 Å². The van der Waals surface area contributed by atoms with Crippen LogP contribution < -0.4 is 0 Å². The first-order valence-electron chi connectivity index (χ1n) is 13.0. The van der Waals surface area contributed by atoms with E-state index in [-0.39, 0.29) is 11.9 Å². The smallest absolute Gasteiger partial charge is 0.347 e. The van der Waals surface area contributed by atoms with Crippen LogP contribution >= 0.6 is 0 Å². The van der Waals surface area contributed by atoms with Crippen molar-refractivity contribution in [3.05, 3.63) is 0 Å². The molecule has 0 aromatic rings. The van der Waals surface area contributed by atoms with Gasteiger partial charge in [0.05, 0.1) is 22.9 Å². The lowest BCUT2D eigenvalue weighted by atomic mass is 9.48. The number of carboxylic acids is 1. The molecule has 35 heavy (non-hydrogen) atoms. The van der Waals surface area contributed by atoms with Crippen molar-refractivity contribution in [1.82, 2.24) is 0 Å². The summed E-state index contributed by atoms with van der Waals surface area (Å²) >= 11 is 0. The molecular formula is C27H42O8. The van der Waals surface area contributed by atoms with Gasteiger partial charge in [-0.15, -0.1) is 0 Å². The SMILES string of the molecule is CCC(C)(C)C(=O)O.CCC(C)(C)C(=O)OC12CC3CC(C1)CC(C(=O)OC1CCOC1=O)(C3)C2. The summed E-state index contributed by atoms with van der Waals surface area (Å²) in [6, 6.07) is 0. The first-order chi connectivity index (χ1) is 16.2. The van der Waals surface area contributed by atoms with Crippen LogP contribution in [0, 0.1) is 28.1 Å². The number of carbonyl (C=O) groups is 4. The Labute approximate surface area is 208 Å². The van der Waals surface area contributed by atoms with Gasteiger partial charge in [0.2, 0.25) is 6.10 Å². The van der Waals surface area contributed by atoms with Crippen LogP contribution in [0.1, 0.15) is 99.3 Å². The molecule has 0 spiro atoms. The summed E-state index contributed by atoms with van der Waals surface area (Å²) in [4.78, 5) is 47.9. The summed E-state index contributed by atoms with van der Waals surface area (Å²) in [6.45, 7) is 11.4. The minimum atomic E-state index is -0.775. The Kier molecular flexibility index (Phi) is 7.64. The number of hydrogen-bond donors (Lipinski definition) is 1. The topological polar surface area (TPSA) is 116 Å². The van der Waals surface area contributed by atoms with Gasteiger partial charge in [-0.1, -0.05) is 13.8 Å². The van der Waals surface area contributed by atoms with E-state index < -0.39 is 39.9 Å². The quantitative estimate of drug-likeness (QED) is 0.401. The van der Waals surface area contributed by atoms with Crippen LogP contribution in [0.4, 0.5) is 0 Å². The van der Waals surface area contributed by atoms with Crippen molar-refractivity contribution in [2.45, 2.75) is 111 Å². The van der Waals surface area contributed by atoms with E-state index in [0.717, 1.165) is 32.1 Å². The van der Waals surface area contributed by atoms with Crippen LogP contribution in [0.2, 0.25) is 0 Å².